The summed E-state index contributed by atoms with van der Waals surface area (Å²) in [5, 5.41) is 9.11. The molecule has 1 saturated heterocycles. The molecule has 0 spiro atoms. The Morgan fingerprint density at radius 2 is 2.38 bits per heavy atom. The lowest BCUT2D eigenvalue weighted by atomic mass is 10.1. The van der Waals surface area contributed by atoms with Crippen LogP contribution in [0.3, 0.4) is 0 Å². The van der Waals surface area contributed by atoms with Crippen LogP contribution in [-0.4, -0.2) is 28.6 Å². The summed E-state index contributed by atoms with van der Waals surface area (Å²) in [4.78, 5) is 17.3. The zero-order valence-electron chi connectivity index (χ0n) is 8.97. The molecule has 1 N–H and O–H groups in total. The number of anilines is 1. The van der Waals surface area contributed by atoms with Crippen LogP contribution >= 0.6 is 0 Å². The Labute approximate surface area is 93.9 Å². The first-order chi connectivity index (χ1) is 7.75. The van der Waals surface area contributed by atoms with Crippen molar-refractivity contribution in [1.82, 2.24) is 4.98 Å². The zero-order chi connectivity index (χ0) is 11.1. The van der Waals surface area contributed by atoms with Crippen molar-refractivity contribution in [3.8, 4) is 0 Å². The van der Waals surface area contributed by atoms with Gasteiger partial charge in [-0.3, -0.25) is 0 Å². The molecule has 2 aliphatic rings. The van der Waals surface area contributed by atoms with Crippen molar-refractivity contribution >= 4 is 11.7 Å². The minimum absolute atomic E-state index is 0.190. The summed E-state index contributed by atoms with van der Waals surface area (Å²) < 4.78 is 0. The van der Waals surface area contributed by atoms with Gasteiger partial charge in [-0.15, -0.1) is 0 Å². The van der Waals surface area contributed by atoms with Crippen LogP contribution in [0.5, 0.6) is 0 Å². The summed E-state index contributed by atoms with van der Waals surface area (Å²) in [6, 6.07) is 4.22. The summed E-state index contributed by atoms with van der Waals surface area (Å²) >= 11 is 0. The minimum Gasteiger partial charge on any atom is -0.476 e. The van der Waals surface area contributed by atoms with Crippen LogP contribution in [0.25, 0.3) is 0 Å². The quantitative estimate of drug-likeness (QED) is 0.822. The van der Waals surface area contributed by atoms with Gasteiger partial charge in [-0.1, -0.05) is 0 Å². The Morgan fingerprint density at radius 3 is 3.00 bits per heavy atom. The van der Waals surface area contributed by atoms with Crippen molar-refractivity contribution in [2.24, 2.45) is 5.92 Å². The average molecular weight is 218 g/mol. The SMILES string of the molecule is O=C(O)c1ncccc1N1CC2CCC1C2. The third-order valence-corrected chi connectivity index (χ3v) is 3.71. The fourth-order valence-corrected chi connectivity index (χ4v) is 3.01. The van der Waals surface area contributed by atoms with E-state index in [0.717, 1.165) is 18.2 Å². The fraction of sp³-hybridized carbons (Fsp3) is 0.500. The van der Waals surface area contributed by atoms with Gasteiger partial charge in [-0.25, -0.2) is 9.78 Å². The van der Waals surface area contributed by atoms with E-state index in [1.54, 1.807) is 6.20 Å². The van der Waals surface area contributed by atoms with Gasteiger partial charge in [-0.2, -0.15) is 0 Å². The molecule has 2 heterocycles. The van der Waals surface area contributed by atoms with Gasteiger partial charge in [0.2, 0.25) is 0 Å². The van der Waals surface area contributed by atoms with Crippen LogP contribution in [0.4, 0.5) is 5.69 Å². The average Bonchev–Trinajstić information content (AvgIpc) is 2.90. The zero-order valence-corrected chi connectivity index (χ0v) is 8.97. The summed E-state index contributed by atoms with van der Waals surface area (Å²) in [5.41, 5.74) is 0.984. The summed E-state index contributed by atoms with van der Waals surface area (Å²) in [6.07, 6.45) is 5.25. The van der Waals surface area contributed by atoms with Gasteiger partial charge in [0, 0.05) is 18.8 Å². The molecular weight excluding hydrogens is 204 g/mol. The molecule has 1 aromatic heterocycles. The van der Waals surface area contributed by atoms with Crippen molar-refractivity contribution in [3.63, 3.8) is 0 Å². The summed E-state index contributed by atoms with van der Waals surface area (Å²) in [6.45, 7) is 0.997. The number of carbonyl (C=O) groups is 1. The predicted molar refractivity (Wildman–Crippen MR) is 59.7 cm³/mol. The molecule has 0 radical (unpaired) electrons. The first-order valence-electron chi connectivity index (χ1n) is 5.70. The lowest BCUT2D eigenvalue weighted by Gasteiger charge is -2.29. The molecule has 0 amide bonds. The standard InChI is InChI=1S/C12H14N2O2/c15-12(16)11-10(2-1-5-13-11)14-7-8-3-4-9(14)6-8/h1-2,5,8-9H,3-4,6-7H2,(H,15,16). The van der Waals surface area contributed by atoms with Crippen LogP contribution in [0.1, 0.15) is 29.8 Å². The first-order valence-corrected chi connectivity index (χ1v) is 5.70. The summed E-state index contributed by atoms with van der Waals surface area (Å²) in [5.74, 6) is -0.176. The number of hydrogen-bond acceptors (Lipinski definition) is 3. The van der Waals surface area contributed by atoms with E-state index in [1.165, 1.54) is 19.3 Å². The van der Waals surface area contributed by atoms with Gasteiger partial charge in [0.05, 0.1) is 5.69 Å². The Bertz CT molecular complexity index is 433. The van der Waals surface area contributed by atoms with E-state index in [9.17, 15) is 4.79 Å². The molecule has 4 heteroatoms. The number of carboxylic acids is 1. The third-order valence-electron chi connectivity index (χ3n) is 3.71. The van der Waals surface area contributed by atoms with E-state index in [0.29, 0.717) is 6.04 Å². The molecule has 1 saturated carbocycles. The van der Waals surface area contributed by atoms with Gasteiger partial charge in [0.1, 0.15) is 0 Å². The highest BCUT2D eigenvalue weighted by atomic mass is 16.4. The van der Waals surface area contributed by atoms with E-state index in [1.807, 2.05) is 12.1 Å². The van der Waals surface area contributed by atoms with Crippen molar-refractivity contribution in [3.05, 3.63) is 24.0 Å². The highest BCUT2D eigenvalue weighted by Crippen LogP contribution is 2.40. The topological polar surface area (TPSA) is 53.4 Å². The van der Waals surface area contributed by atoms with E-state index >= 15 is 0 Å². The molecule has 84 valence electrons. The molecule has 3 rings (SSSR count). The Hall–Kier alpha value is -1.58. The normalized spacial score (nSPS) is 27.4. The Morgan fingerprint density at radius 1 is 1.50 bits per heavy atom. The van der Waals surface area contributed by atoms with Crippen LogP contribution < -0.4 is 4.90 Å². The molecule has 2 fully saturated rings. The molecule has 2 unspecified atom stereocenters. The maximum atomic E-state index is 11.1. The molecule has 0 aromatic carbocycles. The van der Waals surface area contributed by atoms with E-state index in [2.05, 4.69) is 9.88 Å². The van der Waals surface area contributed by atoms with Crippen molar-refractivity contribution in [2.75, 3.05) is 11.4 Å². The minimum atomic E-state index is -0.932. The maximum Gasteiger partial charge on any atom is 0.356 e. The fourth-order valence-electron chi connectivity index (χ4n) is 3.01. The monoisotopic (exact) mass is 218 g/mol. The number of hydrogen-bond donors (Lipinski definition) is 1. The van der Waals surface area contributed by atoms with Gasteiger partial charge >= 0.3 is 5.97 Å². The number of aromatic carboxylic acids is 1. The number of rotatable bonds is 2. The number of nitrogens with zero attached hydrogens (tertiary/aromatic N) is 2. The van der Waals surface area contributed by atoms with Crippen LogP contribution in [-0.2, 0) is 0 Å². The number of piperidine rings is 1. The van der Waals surface area contributed by atoms with Gasteiger partial charge in [0.25, 0.3) is 0 Å². The van der Waals surface area contributed by atoms with Crippen LogP contribution in [0.15, 0.2) is 18.3 Å². The van der Waals surface area contributed by atoms with Crippen molar-refractivity contribution in [2.45, 2.75) is 25.3 Å². The predicted octanol–water partition coefficient (Wildman–Crippen LogP) is 1.77. The second-order valence-corrected chi connectivity index (χ2v) is 4.66. The van der Waals surface area contributed by atoms with Crippen LogP contribution in [0.2, 0.25) is 0 Å². The van der Waals surface area contributed by atoms with E-state index in [4.69, 9.17) is 5.11 Å². The Kier molecular flexibility index (Phi) is 2.09. The molecular formula is C12H14N2O2. The second kappa shape index (κ2) is 3.47. The second-order valence-electron chi connectivity index (χ2n) is 4.66. The third kappa shape index (κ3) is 1.37. The summed E-state index contributed by atoms with van der Waals surface area (Å²) in [7, 11) is 0. The molecule has 16 heavy (non-hydrogen) atoms. The Balaban J connectivity index is 1.97. The number of fused-ring (bicyclic) bond motifs is 2. The molecule has 2 bridgehead atoms. The number of aromatic nitrogens is 1. The number of carboxylic acid groups (broad SMARTS) is 1. The van der Waals surface area contributed by atoms with Crippen LogP contribution in [0, 0.1) is 5.92 Å². The lowest BCUT2D eigenvalue weighted by Crippen LogP contribution is -2.33. The largest absolute Gasteiger partial charge is 0.476 e. The molecule has 1 aliphatic heterocycles. The smallest absolute Gasteiger partial charge is 0.356 e. The first kappa shape index (κ1) is 9.63. The lowest BCUT2D eigenvalue weighted by molar-refractivity contribution is 0.0691. The highest BCUT2D eigenvalue weighted by molar-refractivity contribution is 5.92. The molecule has 4 nitrogen and oxygen atoms in total. The van der Waals surface area contributed by atoms with Gasteiger partial charge in [-0.05, 0) is 37.3 Å². The van der Waals surface area contributed by atoms with E-state index in [-0.39, 0.29) is 5.69 Å². The molecule has 1 aromatic rings. The van der Waals surface area contributed by atoms with Crippen molar-refractivity contribution < 1.29 is 9.90 Å². The highest BCUT2D eigenvalue weighted by Gasteiger charge is 2.39. The molecule has 1 aliphatic carbocycles. The number of pyridine rings is 1. The van der Waals surface area contributed by atoms with Crippen molar-refractivity contribution in [1.29, 1.82) is 0 Å². The van der Waals surface area contributed by atoms with Gasteiger partial charge in [0.15, 0.2) is 5.69 Å². The van der Waals surface area contributed by atoms with Gasteiger partial charge < -0.3 is 10.0 Å². The maximum absolute atomic E-state index is 11.1. The molecule has 2 atom stereocenters. The van der Waals surface area contributed by atoms with E-state index < -0.39 is 5.97 Å².